The number of hydrogen-bond acceptors (Lipinski definition) is 5. The second-order valence-electron chi connectivity index (χ2n) is 8.90. The van der Waals surface area contributed by atoms with E-state index in [2.05, 4.69) is 11.9 Å². The van der Waals surface area contributed by atoms with Crippen molar-refractivity contribution in [3.05, 3.63) is 88.2 Å². The van der Waals surface area contributed by atoms with Crippen LogP contribution in [0.15, 0.2) is 76.6 Å². The van der Waals surface area contributed by atoms with E-state index in [1.807, 2.05) is 54.0 Å². The molecule has 0 bridgehead atoms. The van der Waals surface area contributed by atoms with Gasteiger partial charge in [-0.15, -0.1) is 0 Å². The van der Waals surface area contributed by atoms with Crippen LogP contribution in [0, 0.1) is 0 Å². The van der Waals surface area contributed by atoms with Gasteiger partial charge in [-0.3, -0.25) is 4.79 Å². The van der Waals surface area contributed by atoms with Gasteiger partial charge < -0.3 is 9.30 Å². The van der Waals surface area contributed by atoms with Crippen molar-refractivity contribution in [2.24, 2.45) is 4.99 Å². The molecule has 192 valence electrons. The first kappa shape index (κ1) is 25.4. The van der Waals surface area contributed by atoms with E-state index in [0.29, 0.717) is 36.5 Å². The lowest BCUT2D eigenvalue weighted by Crippen LogP contribution is -2.35. The third-order valence-electron chi connectivity index (χ3n) is 6.44. The molecule has 1 amide bonds. The maximum Gasteiger partial charge on any atom is 0.279 e. The van der Waals surface area contributed by atoms with Crippen LogP contribution in [0.25, 0.3) is 10.2 Å². The Labute approximate surface area is 220 Å². The number of amides is 1. The maximum atomic E-state index is 13.3. The van der Waals surface area contributed by atoms with E-state index >= 15 is 0 Å². The summed E-state index contributed by atoms with van der Waals surface area (Å²) in [5, 5.41) is 0. The minimum atomic E-state index is -3.67. The Morgan fingerprint density at radius 2 is 1.78 bits per heavy atom. The van der Waals surface area contributed by atoms with Crippen molar-refractivity contribution < 1.29 is 17.9 Å². The molecule has 0 saturated carbocycles. The number of carbonyl (C=O) groups excluding carboxylic acids is 1. The number of aromatic nitrogens is 1. The Bertz CT molecular complexity index is 1620. The number of carbonyl (C=O) groups is 1. The van der Waals surface area contributed by atoms with Gasteiger partial charge in [0.1, 0.15) is 5.75 Å². The molecule has 0 spiro atoms. The summed E-state index contributed by atoms with van der Waals surface area (Å²) < 4.78 is 36.7. The predicted molar refractivity (Wildman–Crippen MR) is 145 cm³/mol. The Morgan fingerprint density at radius 3 is 2.51 bits per heavy atom. The summed E-state index contributed by atoms with van der Waals surface area (Å²) in [6.45, 7) is 6.12. The van der Waals surface area contributed by atoms with Crippen LogP contribution in [0.5, 0.6) is 5.75 Å². The van der Waals surface area contributed by atoms with Crippen LogP contribution in [0.2, 0.25) is 0 Å². The zero-order valence-corrected chi connectivity index (χ0v) is 22.5. The van der Waals surface area contributed by atoms with Gasteiger partial charge in [0, 0.05) is 25.2 Å². The largest absolute Gasteiger partial charge is 0.494 e. The standard InChI is InChI=1S/C28H29N3O4S2/c1-3-16-31-25-14-11-23(35-4-2)18-26(25)36-28(31)29-27(32)21-9-12-24(13-10-21)37(33,34)30-17-15-20-7-5-6-8-22(20)19-30/h5-14,18H,3-4,15-17,19H2,1-2H3. The van der Waals surface area contributed by atoms with E-state index in [9.17, 15) is 13.2 Å². The third-order valence-corrected chi connectivity index (χ3v) is 9.34. The first-order valence-corrected chi connectivity index (χ1v) is 14.7. The third kappa shape index (κ3) is 5.12. The Balaban J connectivity index is 1.41. The second kappa shape index (κ2) is 10.6. The van der Waals surface area contributed by atoms with Gasteiger partial charge in [-0.1, -0.05) is 42.5 Å². The molecule has 5 rings (SSSR count). The summed E-state index contributed by atoms with van der Waals surface area (Å²) in [6, 6.07) is 19.9. The number of rotatable bonds is 7. The molecule has 0 atom stereocenters. The summed E-state index contributed by atoms with van der Waals surface area (Å²) >= 11 is 1.44. The quantitative estimate of drug-likeness (QED) is 0.334. The van der Waals surface area contributed by atoms with Gasteiger partial charge in [-0.25, -0.2) is 8.42 Å². The van der Waals surface area contributed by atoms with E-state index in [1.165, 1.54) is 33.3 Å². The van der Waals surface area contributed by atoms with Crippen molar-refractivity contribution in [2.45, 2.75) is 44.7 Å². The summed E-state index contributed by atoms with van der Waals surface area (Å²) in [7, 11) is -3.67. The van der Waals surface area contributed by atoms with Crippen LogP contribution in [0.4, 0.5) is 0 Å². The molecule has 0 N–H and O–H groups in total. The lowest BCUT2D eigenvalue weighted by molar-refractivity contribution is 0.0997. The summed E-state index contributed by atoms with van der Waals surface area (Å²) in [6.07, 6.45) is 1.58. The van der Waals surface area contributed by atoms with Crippen molar-refractivity contribution in [3.8, 4) is 5.75 Å². The zero-order chi connectivity index (χ0) is 26.0. The number of ether oxygens (including phenoxy) is 1. The molecule has 0 radical (unpaired) electrons. The molecule has 0 saturated heterocycles. The van der Waals surface area contributed by atoms with Crippen LogP contribution in [0.1, 0.15) is 41.8 Å². The van der Waals surface area contributed by atoms with Crippen molar-refractivity contribution in [3.63, 3.8) is 0 Å². The van der Waals surface area contributed by atoms with Crippen LogP contribution < -0.4 is 9.54 Å². The van der Waals surface area contributed by atoms with Crippen molar-refractivity contribution in [2.75, 3.05) is 13.2 Å². The number of sulfonamides is 1. The Kier molecular flexibility index (Phi) is 7.28. The molecule has 4 aromatic rings. The van der Waals surface area contributed by atoms with Gasteiger partial charge in [0.15, 0.2) is 4.80 Å². The first-order chi connectivity index (χ1) is 17.9. The summed E-state index contributed by atoms with van der Waals surface area (Å²) in [5.41, 5.74) is 3.57. The SMILES string of the molecule is CCCn1c(=NC(=O)c2ccc(S(=O)(=O)N3CCc4ccccc4C3)cc2)sc2cc(OCC)ccc21. The van der Waals surface area contributed by atoms with Crippen LogP contribution in [-0.2, 0) is 29.5 Å². The fourth-order valence-electron chi connectivity index (χ4n) is 4.58. The first-order valence-electron chi connectivity index (χ1n) is 12.4. The van der Waals surface area contributed by atoms with Crippen LogP contribution in [-0.4, -0.2) is 36.3 Å². The molecular weight excluding hydrogens is 506 g/mol. The molecule has 37 heavy (non-hydrogen) atoms. The van der Waals surface area contributed by atoms with Gasteiger partial charge in [0.2, 0.25) is 10.0 Å². The minimum absolute atomic E-state index is 0.176. The highest BCUT2D eigenvalue weighted by molar-refractivity contribution is 7.89. The summed E-state index contributed by atoms with van der Waals surface area (Å²) in [5.74, 6) is 0.379. The van der Waals surface area contributed by atoms with E-state index in [0.717, 1.165) is 34.5 Å². The molecule has 0 aliphatic carbocycles. The lowest BCUT2D eigenvalue weighted by atomic mass is 10.0. The minimum Gasteiger partial charge on any atom is -0.494 e. The number of thiazole rings is 1. The molecule has 0 unspecified atom stereocenters. The predicted octanol–water partition coefficient (Wildman–Crippen LogP) is 5.00. The number of nitrogens with zero attached hydrogens (tertiary/aromatic N) is 3. The molecule has 1 aliphatic rings. The average molecular weight is 536 g/mol. The fourth-order valence-corrected chi connectivity index (χ4v) is 7.08. The molecule has 0 fully saturated rings. The number of benzene rings is 3. The van der Waals surface area contributed by atoms with E-state index in [4.69, 9.17) is 4.74 Å². The number of aryl methyl sites for hydroxylation is 1. The van der Waals surface area contributed by atoms with Crippen molar-refractivity contribution in [1.29, 1.82) is 0 Å². The van der Waals surface area contributed by atoms with Gasteiger partial charge in [-0.05, 0) is 73.4 Å². The van der Waals surface area contributed by atoms with Gasteiger partial charge in [0.25, 0.3) is 5.91 Å². The fraction of sp³-hybridized carbons (Fsp3) is 0.286. The topological polar surface area (TPSA) is 81.0 Å². The zero-order valence-electron chi connectivity index (χ0n) is 20.9. The molecule has 7 nitrogen and oxygen atoms in total. The van der Waals surface area contributed by atoms with E-state index in [1.54, 1.807) is 12.1 Å². The molecular formula is C28H29N3O4S2. The highest BCUT2D eigenvalue weighted by Crippen LogP contribution is 2.26. The van der Waals surface area contributed by atoms with Crippen molar-refractivity contribution in [1.82, 2.24) is 8.87 Å². The monoisotopic (exact) mass is 535 g/mol. The van der Waals surface area contributed by atoms with Crippen LogP contribution >= 0.6 is 11.3 Å². The summed E-state index contributed by atoms with van der Waals surface area (Å²) in [4.78, 5) is 18.3. The highest BCUT2D eigenvalue weighted by atomic mass is 32.2. The molecule has 1 aliphatic heterocycles. The molecule has 2 heterocycles. The molecule has 3 aromatic carbocycles. The average Bonchev–Trinajstić information content (AvgIpc) is 3.24. The second-order valence-corrected chi connectivity index (χ2v) is 11.8. The van der Waals surface area contributed by atoms with Gasteiger partial charge in [0.05, 0.1) is 21.7 Å². The van der Waals surface area contributed by atoms with Crippen molar-refractivity contribution >= 4 is 37.5 Å². The highest BCUT2D eigenvalue weighted by Gasteiger charge is 2.28. The molecule has 1 aromatic heterocycles. The Morgan fingerprint density at radius 1 is 1.03 bits per heavy atom. The normalized spacial score (nSPS) is 14.6. The van der Waals surface area contributed by atoms with Crippen LogP contribution in [0.3, 0.4) is 0 Å². The lowest BCUT2D eigenvalue weighted by Gasteiger charge is -2.28. The molecule has 9 heteroatoms. The number of hydrogen-bond donors (Lipinski definition) is 0. The maximum absolute atomic E-state index is 13.3. The smallest absolute Gasteiger partial charge is 0.279 e. The van der Waals surface area contributed by atoms with E-state index in [-0.39, 0.29) is 4.90 Å². The number of fused-ring (bicyclic) bond motifs is 2. The Hall–Kier alpha value is -3.27. The van der Waals surface area contributed by atoms with Gasteiger partial charge in [-0.2, -0.15) is 9.30 Å². The van der Waals surface area contributed by atoms with E-state index < -0.39 is 15.9 Å². The van der Waals surface area contributed by atoms with Gasteiger partial charge >= 0.3 is 0 Å².